The first-order valence-corrected chi connectivity index (χ1v) is 6.89. The minimum atomic E-state index is 0.0215. The molecule has 0 aliphatic heterocycles. The lowest BCUT2D eigenvalue weighted by molar-refractivity contribution is 0.0988. The van der Waals surface area contributed by atoms with Crippen LogP contribution in [-0.4, -0.2) is 20.5 Å². The number of para-hydroxylation sites is 1. The zero-order valence-electron chi connectivity index (χ0n) is 10.8. The van der Waals surface area contributed by atoms with Crippen LogP contribution in [0.15, 0.2) is 29.6 Å². The van der Waals surface area contributed by atoms with Gasteiger partial charge in [-0.3, -0.25) is 9.48 Å². The van der Waals surface area contributed by atoms with Crippen LogP contribution in [0.4, 0.5) is 0 Å². The molecule has 2 heterocycles. The number of thiazole rings is 1. The molecule has 19 heavy (non-hydrogen) atoms. The zero-order valence-corrected chi connectivity index (χ0v) is 11.6. The van der Waals surface area contributed by atoms with Crippen LogP contribution in [0, 0.1) is 6.92 Å². The van der Waals surface area contributed by atoms with Crippen molar-refractivity contribution in [3.8, 4) is 0 Å². The number of aryl methyl sites for hydroxylation is 2. The summed E-state index contributed by atoms with van der Waals surface area (Å²) in [6.45, 7) is 1.90. The van der Waals surface area contributed by atoms with Crippen LogP contribution in [0.3, 0.4) is 0 Å². The van der Waals surface area contributed by atoms with E-state index in [1.807, 2.05) is 48.3 Å². The van der Waals surface area contributed by atoms with E-state index in [9.17, 15) is 4.79 Å². The van der Waals surface area contributed by atoms with Crippen LogP contribution in [0.2, 0.25) is 0 Å². The summed E-state index contributed by atoms with van der Waals surface area (Å²) in [5.74, 6) is 0.0215. The van der Waals surface area contributed by atoms with E-state index in [0.717, 1.165) is 21.6 Å². The van der Waals surface area contributed by atoms with E-state index < -0.39 is 0 Å². The molecular formula is C14H13N3OS. The second-order valence-corrected chi connectivity index (χ2v) is 5.50. The van der Waals surface area contributed by atoms with Gasteiger partial charge < -0.3 is 0 Å². The molecule has 2 aromatic heterocycles. The third kappa shape index (κ3) is 2.17. The molecule has 0 N–H and O–H groups in total. The molecule has 4 nitrogen and oxygen atoms in total. The molecular weight excluding hydrogens is 258 g/mol. The summed E-state index contributed by atoms with van der Waals surface area (Å²) in [4.78, 5) is 16.4. The molecule has 96 valence electrons. The van der Waals surface area contributed by atoms with Gasteiger partial charge in [-0.25, -0.2) is 4.98 Å². The maximum absolute atomic E-state index is 12.2. The van der Waals surface area contributed by atoms with Crippen molar-refractivity contribution < 1.29 is 4.79 Å². The Morgan fingerprint density at radius 1 is 1.37 bits per heavy atom. The predicted octanol–water partition coefficient (Wildman–Crippen LogP) is 2.76. The van der Waals surface area contributed by atoms with Gasteiger partial charge in [-0.2, -0.15) is 5.10 Å². The largest absolute Gasteiger partial charge is 0.292 e. The summed E-state index contributed by atoms with van der Waals surface area (Å²) in [6.07, 6.45) is 0.296. The van der Waals surface area contributed by atoms with E-state index >= 15 is 0 Å². The highest BCUT2D eigenvalue weighted by Gasteiger charge is 2.15. The Morgan fingerprint density at radius 2 is 2.16 bits per heavy atom. The number of hydrogen-bond donors (Lipinski definition) is 0. The first-order valence-electron chi connectivity index (χ1n) is 6.01. The van der Waals surface area contributed by atoms with Crippen molar-refractivity contribution in [2.24, 2.45) is 7.05 Å². The van der Waals surface area contributed by atoms with Gasteiger partial charge in [0.15, 0.2) is 5.78 Å². The van der Waals surface area contributed by atoms with E-state index in [0.29, 0.717) is 12.1 Å². The highest BCUT2D eigenvalue weighted by molar-refractivity contribution is 7.09. The Labute approximate surface area is 114 Å². The molecule has 0 aliphatic carbocycles. The molecule has 0 atom stereocenters. The summed E-state index contributed by atoms with van der Waals surface area (Å²) < 4.78 is 1.81. The first-order chi connectivity index (χ1) is 9.15. The van der Waals surface area contributed by atoms with Gasteiger partial charge in [0.2, 0.25) is 0 Å². The van der Waals surface area contributed by atoms with Crippen LogP contribution in [0.1, 0.15) is 21.2 Å². The monoisotopic (exact) mass is 271 g/mol. The number of rotatable bonds is 3. The van der Waals surface area contributed by atoms with Crippen LogP contribution in [0.5, 0.6) is 0 Å². The van der Waals surface area contributed by atoms with Gasteiger partial charge in [-0.05, 0) is 13.0 Å². The minimum Gasteiger partial charge on any atom is -0.292 e. The SMILES string of the molecule is Cc1nc(C(=O)Cc2nn(C)c3ccccc23)cs1. The number of carbonyl (C=O) groups is 1. The molecule has 3 aromatic rings. The van der Waals surface area contributed by atoms with Crippen molar-refractivity contribution >= 4 is 28.0 Å². The number of Topliss-reactive ketones (excluding diaryl/α,β-unsaturated/α-hetero) is 1. The van der Waals surface area contributed by atoms with Gasteiger partial charge in [0.05, 0.1) is 22.6 Å². The molecule has 0 fully saturated rings. The molecule has 3 rings (SSSR count). The fraction of sp³-hybridized carbons (Fsp3) is 0.214. The van der Waals surface area contributed by atoms with E-state index in [1.54, 1.807) is 0 Å². The van der Waals surface area contributed by atoms with E-state index in [4.69, 9.17) is 0 Å². The fourth-order valence-electron chi connectivity index (χ4n) is 2.15. The topological polar surface area (TPSA) is 47.8 Å². The maximum atomic E-state index is 12.2. The van der Waals surface area contributed by atoms with E-state index in [-0.39, 0.29) is 5.78 Å². The second kappa shape index (κ2) is 4.59. The smallest absolute Gasteiger partial charge is 0.188 e. The number of hydrogen-bond acceptors (Lipinski definition) is 4. The quantitative estimate of drug-likeness (QED) is 0.688. The van der Waals surface area contributed by atoms with Gasteiger partial charge in [0, 0.05) is 17.8 Å². The summed E-state index contributed by atoms with van der Waals surface area (Å²) in [5, 5.41) is 8.19. The van der Waals surface area contributed by atoms with Crippen molar-refractivity contribution in [3.63, 3.8) is 0 Å². The third-order valence-electron chi connectivity index (χ3n) is 3.07. The molecule has 1 aromatic carbocycles. The number of nitrogens with zero attached hydrogens (tertiary/aromatic N) is 3. The van der Waals surface area contributed by atoms with Crippen molar-refractivity contribution in [2.45, 2.75) is 13.3 Å². The standard InChI is InChI=1S/C14H13N3OS/c1-9-15-12(8-19-9)14(18)7-11-10-5-3-4-6-13(10)17(2)16-11/h3-6,8H,7H2,1-2H3. The Balaban J connectivity index is 1.95. The van der Waals surface area contributed by atoms with Gasteiger partial charge in [0.25, 0.3) is 0 Å². The lowest BCUT2D eigenvalue weighted by Gasteiger charge is -1.95. The van der Waals surface area contributed by atoms with Crippen LogP contribution < -0.4 is 0 Å². The lowest BCUT2D eigenvalue weighted by atomic mass is 10.1. The Hall–Kier alpha value is -2.01. The summed E-state index contributed by atoms with van der Waals surface area (Å²) >= 11 is 1.49. The summed E-state index contributed by atoms with van der Waals surface area (Å²) in [5.41, 5.74) is 2.39. The molecule has 0 saturated carbocycles. The number of aromatic nitrogens is 3. The Kier molecular flexibility index (Phi) is 2.91. The number of carbonyl (C=O) groups excluding carboxylic acids is 1. The van der Waals surface area contributed by atoms with Gasteiger partial charge >= 0.3 is 0 Å². The molecule has 0 spiro atoms. The van der Waals surface area contributed by atoms with Gasteiger partial charge in [-0.1, -0.05) is 18.2 Å². The average Bonchev–Trinajstić information content (AvgIpc) is 2.96. The minimum absolute atomic E-state index is 0.0215. The lowest BCUT2D eigenvalue weighted by Crippen LogP contribution is -2.05. The van der Waals surface area contributed by atoms with E-state index in [2.05, 4.69) is 10.1 Å². The zero-order chi connectivity index (χ0) is 13.4. The van der Waals surface area contributed by atoms with Gasteiger partial charge in [0.1, 0.15) is 5.69 Å². The predicted molar refractivity (Wildman–Crippen MR) is 75.6 cm³/mol. The number of benzene rings is 1. The normalized spacial score (nSPS) is 11.1. The maximum Gasteiger partial charge on any atom is 0.188 e. The molecule has 0 radical (unpaired) electrons. The Morgan fingerprint density at radius 3 is 2.89 bits per heavy atom. The van der Waals surface area contributed by atoms with Crippen molar-refractivity contribution in [1.29, 1.82) is 0 Å². The highest BCUT2D eigenvalue weighted by Crippen LogP contribution is 2.19. The highest BCUT2D eigenvalue weighted by atomic mass is 32.1. The number of fused-ring (bicyclic) bond motifs is 1. The van der Waals surface area contributed by atoms with Crippen LogP contribution in [0.25, 0.3) is 10.9 Å². The molecule has 0 amide bonds. The molecule has 0 saturated heterocycles. The van der Waals surface area contributed by atoms with Crippen LogP contribution >= 0.6 is 11.3 Å². The summed E-state index contributed by atoms with van der Waals surface area (Å²) in [7, 11) is 1.89. The third-order valence-corrected chi connectivity index (χ3v) is 3.84. The molecule has 0 bridgehead atoms. The summed E-state index contributed by atoms with van der Waals surface area (Å²) in [6, 6.07) is 7.94. The average molecular weight is 271 g/mol. The van der Waals surface area contributed by atoms with Crippen molar-refractivity contribution in [2.75, 3.05) is 0 Å². The van der Waals surface area contributed by atoms with Crippen molar-refractivity contribution in [1.82, 2.24) is 14.8 Å². The van der Waals surface area contributed by atoms with Crippen molar-refractivity contribution in [3.05, 3.63) is 46.0 Å². The molecule has 0 unspecified atom stereocenters. The van der Waals surface area contributed by atoms with Gasteiger partial charge in [-0.15, -0.1) is 11.3 Å². The van der Waals surface area contributed by atoms with E-state index in [1.165, 1.54) is 11.3 Å². The van der Waals surface area contributed by atoms with Crippen LogP contribution in [-0.2, 0) is 13.5 Å². The molecule has 5 heteroatoms. The number of ketones is 1. The fourth-order valence-corrected chi connectivity index (χ4v) is 2.77. The second-order valence-electron chi connectivity index (χ2n) is 4.44. The molecule has 0 aliphatic rings. The first kappa shape index (κ1) is 12.0. The Bertz CT molecular complexity index is 757.